The Morgan fingerprint density at radius 3 is 2.75 bits per heavy atom. The molecule has 7 nitrogen and oxygen atoms in total. The summed E-state index contributed by atoms with van der Waals surface area (Å²) in [6.07, 6.45) is 9.06. The molecule has 3 N–H and O–H groups in total. The van der Waals surface area contributed by atoms with E-state index in [4.69, 9.17) is 5.11 Å². The molecule has 1 aliphatic carbocycles. The van der Waals surface area contributed by atoms with Gasteiger partial charge in [0.15, 0.2) is 0 Å². The number of urea groups is 1. The Kier molecular flexibility index (Phi) is 5.37. The summed E-state index contributed by atoms with van der Waals surface area (Å²) < 4.78 is 2.22. The van der Waals surface area contributed by atoms with Crippen molar-refractivity contribution in [1.82, 2.24) is 20.2 Å². The monoisotopic (exact) mass is 334 g/mol. The van der Waals surface area contributed by atoms with Gasteiger partial charge in [0.05, 0.1) is 11.6 Å². The number of hydrogen-bond donors (Lipinski definition) is 3. The highest BCUT2D eigenvalue weighted by Gasteiger charge is 2.26. The lowest BCUT2D eigenvalue weighted by Gasteiger charge is -2.26. The highest BCUT2D eigenvalue weighted by molar-refractivity contribution is 5.74. The van der Waals surface area contributed by atoms with Gasteiger partial charge in [-0.3, -0.25) is 4.79 Å². The summed E-state index contributed by atoms with van der Waals surface area (Å²) in [5.74, 6) is 0.189. The van der Waals surface area contributed by atoms with Crippen molar-refractivity contribution in [3.05, 3.63) is 17.7 Å². The number of imidazole rings is 1. The lowest BCUT2D eigenvalue weighted by molar-refractivity contribution is -0.142. The second-order valence-electron chi connectivity index (χ2n) is 6.84. The van der Waals surface area contributed by atoms with E-state index in [0.29, 0.717) is 19.4 Å². The third-order valence-corrected chi connectivity index (χ3v) is 5.04. The Bertz CT molecular complexity index is 567. The van der Waals surface area contributed by atoms with Gasteiger partial charge in [-0.05, 0) is 38.5 Å². The molecule has 1 aromatic heterocycles. The number of nitrogens with one attached hydrogen (secondary N) is 2. The summed E-state index contributed by atoms with van der Waals surface area (Å²) in [5, 5.41) is 14.8. The number of carbonyl (C=O) groups excluding carboxylic acids is 1. The molecule has 1 aromatic rings. The number of amides is 2. The number of carbonyl (C=O) groups is 2. The third-order valence-electron chi connectivity index (χ3n) is 5.04. The predicted molar refractivity (Wildman–Crippen MR) is 88.8 cm³/mol. The molecule has 0 atom stereocenters. The number of fused-ring (bicyclic) bond motifs is 1. The zero-order valence-corrected chi connectivity index (χ0v) is 14.0. The summed E-state index contributed by atoms with van der Waals surface area (Å²) in [5.41, 5.74) is 1.04. The number of hydrogen-bond acceptors (Lipinski definition) is 3. The number of carboxylic acids is 1. The first kappa shape index (κ1) is 16.8. The number of carboxylic acid groups (broad SMARTS) is 1. The fourth-order valence-electron chi connectivity index (χ4n) is 3.62. The second-order valence-corrected chi connectivity index (χ2v) is 6.84. The molecular formula is C17H26N4O3. The molecule has 1 aliphatic heterocycles. The maximum atomic E-state index is 11.9. The largest absolute Gasteiger partial charge is 0.481 e. The zero-order valence-electron chi connectivity index (χ0n) is 14.0. The van der Waals surface area contributed by atoms with Crippen LogP contribution >= 0.6 is 0 Å². The third kappa shape index (κ3) is 4.27. The Hall–Kier alpha value is -2.05. The zero-order chi connectivity index (χ0) is 16.9. The summed E-state index contributed by atoms with van der Waals surface area (Å²) >= 11 is 0. The molecule has 0 radical (unpaired) electrons. The van der Waals surface area contributed by atoms with Gasteiger partial charge in [-0.25, -0.2) is 9.78 Å². The van der Waals surface area contributed by atoms with Crippen molar-refractivity contribution in [3.63, 3.8) is 0 Å². The van der Waals surface area contributed by atoms with Crippen molar-refractivity contribution < 1.29 is 14.7 Å². The lowest BCUT2D eigenvalue weighted by atomic mass is 9.86. The van der Waals surface area contributed by atoms with Gasteiger partial charge < -0.3 is 20.3 Å². The summed E-state index contributed by atoms with van der Waals surface area (Å²) in [4.78, 5) is 27.5. The summed E-state index contributed by atoms with van der Waals surface area (Å²) in [6, 6.07) is -0.0849. The van der Waals surface area contributed by atoms with Gasteiger partial charge in [-0.1, -0.05) is 0 Å². The van der Waals surface area contributed by atoms with Crippen LogP contribution in [0.4, 0.5) is 4.79 Å². The molecule has 7 heteroatoms. The van der Waals surface area contributed by atoms with Crippen LogP contribution < -0.4 is 10.6 Å². The molecule has 24 heavy (non-hydrogen) atoms. The van der Waals surface area contributed by atoms with E-state index < -0.39 is 5.97 Å². The summed E-state index contributed by atoms with van der Waals surface area (Å²) in [7, 11) is 0. The Balaban J connectivity index is 1.35. The van der Waals surface area contributed by atoms with Crippen molar-refractivity contribution in [2.75, 3.05) is 6.54 Å². The summed E-state index contributed by atoms with van der Waals surface area (Å²) in [6.45, 7) is 1.61. The fourth-order valence-corrected chi connectivity index (χ4v) is 3.62. The van der Waals surface area contributed by atoms with Crippen molar-refractivity contribution in [2.24, 2.45) is 5.92 Å². The van der Waals surface area contributed by atoms with Crippen LogP contribution in [0.15, 0.2) is 6.20 Å². The Morgan fingerprint density at radius 1 is 1.25 bits per heavy atom. The van der Waals surface area contributed by atoms with E-state index in [2.05, 4.69) is 26.4 Å². The Labute approximate surface area is 141 Å². The van der Waals surface area contributed by atoms with Crippen LogP contribution in [0.5, 0.6) is 0 Å². The van der Waals surface area contributed by atoms with Gasteiger partial charge in [-0.15, -0.1) is 0 Å². The molecule has 2 heterocycles. The van der Waals surface area contributed by atoms with E-state index in [1.807, 2.05) is 0 Å². The molecule has 1 saturated carbocycles. The van der Waals surface area contributed by atoms with Crippen LogP contribution in [0, 0.1) is 5.92 Å². The van der Waals surface area contributed by atoms with Crippen LogP contribution in [0.3, 0.4) is 0 Å². The van der Waals surface area contributed by atoms with Crippen LogP contribution in [-0.4, -0.2) is 39.2 Å². The van der Waals surface area contributed by atoms with Gasteiger partial charge in [0, 0.05) is 38.2 Å². The minimum atomic E-state index is -0.722. The van der Waals surface area contributed by atoms with E-state index in [0.717, 1.165) is 43.7 Å². The second kappa shape index (κ2) is 7.68. The van der Waals surface area contributed by atoms with E-state index >= 15 is 0 Å². The topological polar surface area (TPSA) is 96.3 Å². The quantitative estimate of drug-likeness (QED) is 0.763. The van der Waals surface area contributed by atoms with Crippen LogP contribution in [0.2, 0.25) is 0 Å². The van der Waals surface area contributed by atoms with E-state index in [1.54, 1.807) is 0 Å². The average Bonchev–Trinajstić information content (AvgIpc) is 2.98. The molecule has 0 bridgehead atoms. The molecule has 2 aliphatic rings. The van der Waals surface area contributed by atoms with Gasteiger partial charge >= 0.3 is 12.0 Å². The van der Waals surface area contributed by atoms with E-state index in [-0.39, 0.29) is 18.0 Å². The number of nitrogens with zero attached hydrogens (tertiary/aromatic N) is 2. The molecule has 0 unspecified atom stereocenters. The number of rotatable bonds is 5. The minimum absolute atomic E-state index is 0.0838. The fraction of sp³-hybridized carbons (Fsp3) is 0.706. The van der Waals surface area contributed by atoms with Crippen LogP contribution in [-0.2, 0) is 24.2 Å². The molecule has 0 saturated heterocycles. The van der Waals surface area contributed by atoms with Crippen molar-refractivity contribution in [2.45, 2.75) is 64.0 Å². The first-order valence-electron chi connectivity index (χ1n) is 8.94. The molecule has 0 aromatic carbocycles. The van der Waals surface area contributed by atoms with Gasteiger partial charge in [0.1, 0.15) is 5.82 Å². The van der Waals surface area contributed by atoms with Crippen molar-refractivity contribution in [1.29, 1.82) is 0 Å². The molecule has 1 fully saturated rings. The maximum Gasteiger partial charge on any atom is 0.315 e. The number of aromatic nitrogens is 2. The maximum absolute atomic E-state index is 11.9. The van der Waals surface area contributed by atoms with Crippen molar-refractivity contribution in [3.8, 4) is 0 Å². The highest BCUT2D eigenvalue weighted by atomic mass is 16.4. The van der Waals surface area contributed by atoms with Gasteiger partial charge in [-0.2, -0.15) is 0 Å². The SMILES string of the molecule is O=C(NCCc1cn2c(n1)CCCC2)NC1CCC(C(=O)O)CC1. The number of aliphatic carboxylic acids is 1. The van der Waals surface area contributed by atoms with E-state index in [1.165, 1.54) is 12.8 Å². The highest BCUT2D eigenvalue weighted by Crippen LogP contribution is 2.24. The molecule has 2 amide bonds. The van der Waals surface area contributed by atoms with E-state index in [9.17, 15) is 9.59 Å². The first-order chi connectivity index (χ1) is 11.6. The molecule has 0 spiro atoms. The lowest BCUT2D eigenvalue weighted by Crippen LogP contribution is -2.44. The minimum Gasteiger partial charge on any atom is -0.481 e. The average molecular weight is 334 g/mol. The smallest absolute Gasteiger partial charge is 0.315 e. The van der Waals surface area contributed by atoms with Crippen molar-refractivity contribution >= 4 is 12.0 Å². The number of aryl methyl sites for hydroxylation is 2. The predicted octanol–water partition coefficient (Wildman–Crippen LogP) is 1.70. The van der Waals surface area contributed by atoms with Crippen LogP contribution in [0.25, 0.3) is 0 Å². The molecule has 3 rings (SSSR count). The van der Waals surface area contributed by atoms with Crippen LogP contribution in [0.1, 0.15) is 50.0 Å². The molecule has 132 valence electrons. The molecular weight excluding hydrogens is 308 g/mol. The standard InChI is InChI=1S/C17H26N4O3/c22-16(23)12-4-6-13(7-5-12)20-17(24)18-9-8-14-11-21-10-2-1-3-15(21)19-14/h11-13H,1-10H2,(H,22,23)(H2,18,20,24). The normalized spacial score (nSPS) is 23.3. The first-order valence-corrected chi connectivity index (χ1v) is 8.94. The van der Waals surface area contributed by atoms with Gasteiger partial charge in [0.25, 0.3) is 0 Å². The van der Waals surface area contributed by atoms with Gasteiger partial charge in [0.2, 0.25) is 0 Å². The Morgan fingerprint density at radius 2 is 2.04 bits per heavy atom.